The summed E-state index contributed by atoms with van der Waals surface area (Å²) in [6.45, 7) is 7.14. The van der Waals surface area contributed by atoms with Crippen molar-refractivity contribution in [3.05, 3.63) is 53.6 Å². The summed E-state index contributed by atoms with van der Waals surface area (Å²) in [5, 5.41) is 9.42. The van der Waals surface area contributed by atoms with Gasteiger partial charge < -0.3 is 19.6 Å². The van der Waals surface area contributed by atoms with Crippen LogP contribution < -0.4 is 4.90 Å². The molecule has 1 spiro atoms. The number of para-hydroxylation sites is 1. The summed E-state index contributed by atoms with van der Waals surface area (Å²) >= 11 is 1.58. The number of esters is 1. The number of unbranched alkanes of at least 4 members (excludes halogenated alkanes) is 1. The first-order valence-corrected chi connectivity index (χ1v) is 14.6. The molecule has 4 aliphatic rings. The molecular formula is C30H38N2O5S. The molecule has 5 rings (SSSR count). The van der Waals surface area contributed by atoms with Crippen molar-refractivity contribution in [1.29, 1.82) is 0 Å². The van der Waals surface area contributed by atoms with Crippen LogP contribution in [0, 0.1) is 25.7 Å². The largest absolute Gasteiger partial charge is 0.465 e. The Bertz CT molecular complexity index is 1160. The van der Waals surface area contributed by atoms with E-state index < -0.39 is 27.4 Å². The number of amides is 2. The van der Waals surface area contributed by atoms with E-state index in [1.165, 1.54) is 0 Å². The zero-order chi connectivity index (χ0) is 27.1. The first-order chi connectivity index (χ1) is 18.2. The molecule has 8 heteroatoms. The van der Waals surface area contributed by atoms with Crippen LogP contribution in [0.3, 0.4) is 0 Å². The fraction of sp³-hybridized carbons (Fsp3) is 0.567. The van der Waals surface area contributed by atoms with Crippen LogP contribution >= 0.6 is 11.8 Å². The number of carbonyl (C=O) groups is 3. The highest BCUT2D eigenvalue weighted by Crippen LogP contribution is 2.65. The molecular weight excluding hydrogens is 500 g/mol. The summed E-state index contributed by atoms with van der Waals surface area (Å²) in [4.78, 5) is 46.0. The number of allylic oxidation sites excluding steroid dienone is 1. The molecule has 1 unspecified atom stereocenters. The van der Waals surface area contributed by atoms with Gasteiger partial charge in [0.2, 0.25) is 5.91 Å². The molecule has 0 saturated carbocycles. The summed E-state index contributed by atoms with van der Waals surface area (Å²) in [6.07, 6.45) is 12.0. The number of aryl methyl sites for hydroxylation is 2. The van der Waals surface area contributed by atoms with Gasteiger partial charge in [0.25, 0.3) is 5.91 Å². The number of cyclic esters (lactones) is 1. The van der Waals surface area contributed by atoms with Crippen LogP contribution in [0.5, 0.6) is 0 Å². The molecule has 0 aromatic heterocycles. The third kappa shape index (κ3) is 4.30. The first kappa shape index (κ1) is 27.0. The van der Waals surface area contributed by atoms with E-state index in [4.69, 9.17) is 4.74 Å². The summed E-state index contributed by atoms with van der Waals surface area (Å²) in [5.74, 6) is -2.04. The van der Waals surface area contributed by atoms with Crippen LogP contribution in [0.25, 0.3) is 0 Å². The molecule has 7 nitrogen and oxygen atoms in total. The third-order valence-electron chi connectivity index (χ3n) is 8.52. The summed E-state index contributed by atoms with van der Waals surface area (Å²) < 4.78 is 4.16. The molecule has 1 aromatic rings. The highest BCUT2D eigenvalue weighted by atomic mass is 32.2. The minimum atomic E-state index is -0.893. The van der Waals surface area contributed by atoms with E-state index >= 15 is 0 Å². The number of fused-ring (bicyclic) bond motifs is 2. The Hall–Kier alpha value is -2.58. The van der Waals surface area contributed by atoms with Gasteiger partial charge in [-0.1, -0.05) is 42.5 Å². The van der Waals surface area contributed by atoms with Gasteiger partial charge >= 0.3 is 5.97 Å². The van der Waals surface area contributed by atoms with Gasteiger partial charge in [0.15, 0.2) is 0 Å². The Labute approximate surface area is 229 Å². The standard InChI is InChI=1S/C30H38N2O5S/c1-20-12-10-13-21(2)24(20)31-17-11-15-30-22(26(34)32(16-7-8-18-33)25(30)27(31)35)23-28(36)37-19-9-5-4-6-14-29(23,3)38-30/h6,10-15,22-23,25,33H,4-5,7-9,16-19H2,1-3H3/b14-6-/t22-,23+,25?,29-,30-/m0/s1. The second-order valence-electron chi connectivity index (χ2n) is 11.1. The van der Waals surface area contributed by atoms with Crippen LogP contribution in [-0.2, 0) is 19.1 Å². The van der Waals surface area contributed by atoms with Crippen molar-refractivity contribution >= 4 is 35.2 Å². The molecule has 2 amide bonds. The van der Waals surface area contributed by atoms with E-state index in [9.17, 15) is 19.5 Å². The number of carbonyl (C=O) groups excluding carboxylic acids is 3. The number of nitrogens with zero attached hydrogens (tertiary/aromatic N) is 2. The Morgan fingerprint density at radius 1 is 1.03 bits per heavy atom. The molecule has 204 valence electrons. The number of anilines is 1. The van der Waals surface area contributed by atoms with Crippen molar-refractivity contribution in [2.45, 2.75) is 68.4 Å². The molecule has 1 aromatic carbocycles. The highest BCUT2D eigenvalue weighted by molar-refractivity contribution is 8.02. The van der Waals surface area contributed by atoms with Crippen molar-refractivity contribution in [3.8, 4) is 0 Å². The maximum Gasteiger partial charge on any atom is 0.311 e. The second-order valence-corrected chi connectivity index (χ2v) is 12.9. The lowest BCUT2D eigenvalue weighted by atomic mass is 9.74. The SMILES string of the molecule is Cc1cccc(C)c1N1CC=C[C@]23S[C@@]4(C)/C=C\CCCCOC(=O)[C@H]4[C@H]2C(=O)N(CCCCO)C3C1=O. The number of likely N-dealkylation sites (tertiary alicyclic amines) is 1. The van der Waals surface area contributed by atoms with Crippen LogP contribution in [0.4, 0.5) is 5.69 Å². The van der Waals surface area contributed by atoms with Crippen molar-refractivity contribution in [1.82, 2.24) is 4.90 Å². The number of hydrogen-bond donors (Lipinski definition) is 1. The van der Waals surface area contributed by atoms with E-state index in [0.29, 0.717) is 32.5 Å². The second kappa shape index (κ2) is 10.5. The number of ether oxygens (including phenoxy) is 1. The zero-order valence-electron chi connectivity index (χ0n) is 22.5. The highest BCUT2D eigenvalue weighted by Gasteiger charge is 2.73. The van der Waals surface area contributed by atoms with E-state index in [1.807, 2.05) is 56.0 Å². The van der Waals surface area contributed by atoms with Crippen LogP contribution in [0.1, 0.15) is 50.2 Å². The fourth-order valence-electron chi connectivity index (χ4n) is 6.86. The lowest BCUT2D eigenvalue weighted by Gasteiger charge is -2.37. The Kier molecular flexibility index (Phi) is 7.48. The van der Waals surface area contributed by atoms with Crippen molar-refractivity contribution in [3.63, 3.8) is 0 Å². The average molecular weight is 539 g/mol. The molecule has 4 heterocycles. The Balaban J connectivity index is 1.64. The van der Waals surface area contributed by atoms with Gasteiger partial charge in [-0.05, 0) is 64.0 Å². The van der Waals surface area contributed by atoms with Gasteiger partial charge in [-0.15, -0.1) is 11.8 Å². The number of rotatable bonds is 5. The summed E-state index contributed by atoms with van der Waals surface area (Å²) in [5.41, 5.74) is 2.88. The number of thioether (sulfide) groups is 1. The average Bonchev–Trinajstić information content (AvgIpc) is 3.20. The molecule has 4 aliphatic heterocycles. The number of aliphatic hydroxyl groups excluding tert-OH is 1. The molecule has 1 N–H and O–H groups in total. The van der Waals surface area contributed by atoms with Crippen molar-refractivity contribution in [2.75, 3.05) is 31.2 Å². The van der Waals surface area contributed by atoms with E-state index in [1.54, 1.807) is 16.7 Å². The maximum atomic E-state index is 14.6. The normalized spacial score (nSPS) is 33.9. The molecule has 2 saturated heterocycles. The van der Waals surface area contributed by atoms with Crippen LogP contribution in [0.15, 0.2) is 42.5 Å². The van der Waals surface area contributed by atoms with Crippen molar-refractivity contribution < 1.29 is 24.2 Å². The van der Waals surface area contributed by atoms with Crippen molar-refractivity contribution in [2.24, 2.45) is 11.8 Å². The Morgan fingerprint density at radius 3 is 2.53 bits per heavy atom. The molecule has 38 heavy (non-hydrogen) atoms. The molecule has 0 aliphatic carbocycles. The van der Waals surface area contributed by atoms with Gasteiger partial charge in [-0.3, -0.25) is 14.4 Å². The summed E-state index contributed by atoms with van der Waals surface area (Å²) in [6, 6.07) is 5.23. The Morgan fingerprint density at radius 2 is 1.79 bits per heavy atom. The first-order valence-electron chi connectivity index (χ1n) is 13.8. The molecule has 0 bridgehead atoms. The van der Waals surface area contributed by atoms with Gasteiger partial charge in [0.05, 0.1) is 23.2 Å². The van der Waals surface area contributed by atoms with Gasteiger partial charge in [0, 0.05) is 30.1 Å². The lowest BCUT2D eigenvalue weighted by molar-refractivity contribution is -0.154. The maximum absolute atomic E-state index is 14.6. The minimum Gasteiger partial charge on any atom is -0.465 e. The van der Waals surface area contributed by atoms with Crippen LogP contribution in [-0.4, -0.2) is 69.6 Å². The molecule has 5 atom stereocenters. The number of aliphatic hydroxyl groups is 1. The van der Waals surface area contributed by atoms with E-state index in [2.05, 4.69) is 12.2 Å². The van der Waals surface area contributed by atoms with Gasteiger partial charge in [-0.2, -0.15) is 0 Å². The van der Waals surface area contributed by atoms with E-state index in [0.717, 1.165) is 36.1 Å². The molecule has 0 radical (unpaired) electrons. The van der Waals surface area contributed by atoms with Gasteiger partial charge in [-0.25, -0.2) is 0 Å². The van der Waals surface area contributed by atoms with Gasteiger partial charge in [0.1, 0.15) is 6.04 Å². The zero-order valence-corrected chi connectivity index (χ0v) is 23.3. The molecule has 2 fully saturated rings. The number of hydrogen-bond acceptors (Lipinski definition) is 6. The topological polar surface area (TPSA) is 87.2 Å². The lowest BCUT2D eigenvalue weighted by Crippen LogP contribution is -2.53. The van der Waals surface area contributed by atoms with Crippen LogP contribution in [0.2, 0.25) is 0 Å². The third-order valence-corrected chi connectivity index (χ3v) is 10.3. The number of benzene rings is 1. The van der Waals surface area contributed by atoms with E-state index in [-0.39, 0.29) is 24.4 Å². The quantitative estimate of drug-likeness (QED) is 0.347. The monoisotopic (exact) mass is 538 g/mol. The summed E-state index contributed by atoms with van der Waals surface area (Å²) in [7, 11) is 0. The predicted molar refractivity (Wildman–Crippen MR) is 149 cm³/mol. The predicted octanol–water partition coefficient (Wildman–Crippen LogP) is 3.95. The minimum absolute atomic E-state index is 0.0240. The fourth-order valence-corrected chi connectivity index (χ4v) is 9.02. The smallest absolute Gasteiger partial charge is 0.311 e.